The molecule has 4 N–H and O–H groups in total. The summed E-state index contributed by atoms with van der Waals surface area (Å²) in [5.41, 5.74) is 1.36. The molecule has 0 saturated heterocycles. The van der Waals surface area contributed by atoms with E-state index < -0.39 is 24.3 Å². The first kappa shape index (κ1) is 20.6. The minimum atomic E-state index is -1.13. The molecule has 2 atom stereocenters. The zero-order valence-corrected chi connectivity index (χ0v) is 15.3. The molecule has 144 valence electrons. The molecular weight excluding hydrogens is 370 g/mol. The van der Waals surface area contributed by atoms with Gasteiger partial charge in [0.05, 0.1) is 6.10 Å². The number of aliphatic carboxylic acids is 1. The van der Waals surface area contributed by atoms with Crippen molar-refractivity contribution in [1.82, 2.24) is 5.32 Å². The predicted molar refractivity (Wildman–Crippen MR) is 101 cm³/mol. The minimum Gasteiger partial charge on any atom is -0.478 e. The lowest BCUT2D eigenvalue weighted by atomic mass is 10.0. The average Bonchev–Trinajstić information content (AvgIpc) is 3.14. The van der Waals surface area contributed by atoms with E-state index in [9.17, 15) is 19.8 Å². The van der Waals surface area contributed by atoms with Crippen LogP contribution in [0.1, 0.15) is 28.5 Å². The molecule has 2 aromatic rings. The van der Waals surface area contributed by atoms with Crippen molar-refractivity contribution in [2.75, 3.05) is 6.54 Å². The fourth-order valence-electron chi connectivity index (χ4n) is 2.24. The third kappa shape index (κ3) is 7.22. The number of carboxylic acid groups (broad SMARTS) is 1. The second-order valence-electron chi connectivity index (χ2n) is 5.74. The number of aliphatic hydroxyl groups is 2. The van der Waals surface area contributed by atoms with Crippen LogP contribution in [0.2, 0.25) is 0 Å². The maximum Gasteiger partial charge on any atom is 0.407 e. The number of alkyl carbamates (subject to hydrolysis) is 1. The topological polar surface area (TPSA) is 116 Å². The second-order valence-corrected chi connectivity index (χ2v) is 6.69. The Kier molecular flexibility index (Phi) is 8.00. The smallest absolute Gasteiger partial charge is 0.407 e. The zero-order valence-electron chi connectivity index (χ0n) is 14.4. The second kappa shape index (κ2) is 10.5. The summed E-state index contributed by atoms with van der Waals surface area (Å²) in [6.45, 7) is 0.293. The number of rotatable bonds is 9. The Morgan fingerprint density at radius 1 is 1.22 bits per heavy atom. The maximum absolute atomic E-state index is 11.6. The summed E-state index contributed by atoms with van der Waals surface area (Å²) in [6, 6.07) is 10.9. The molecule has 7 nitrogen and oxygen atoms in total. The van der Waals surface area contributed by atoms with Crippen LogP contribution in [0.5, 0.6) is 0 Å². The van der Waals surface area contributed by atoms with Crippen molar-refractivity contribution >= 4 is 29.5 Å². The van der Waals surface area contributed by atoms with Crippen molar-refractivity contribution in [3.63, 3.8) is 0 Å². The van der Waals surface area contributed by atoms with Gasteiger partial charge in [0.15, 0.2) is 0 Å². The van der Waals surface area contributed by atoms with Gasteiger partial charge < -0.3 is 25.4 Å². The Labute approximate surface area is 160 Å². The van der Waals surface area contributed by atoms with Gasteiger partial charge in [-0.25, -0.2) is 9.59 Å². The molecule has 0 fully saturated rings. The SMILES string of the molecule is O=C(O)/C=C/c1cc(C(O)C(O)CCNC(=O)OCc2ccccc2)cs1. The first-order valence-corrected chi connectivity index (χ1v) is 9.14. The predicted octanol–water partition coefficient (Wildman–Crippen LogP) is 2.56. The lowest BCUT2D eigenvalue weighted by Gasteiger charge is -2.17. The molecular formula is C19H21NO6S. The molecule has 0 bridgehead atoms. The molecule has 2 unspecified atom stereocenters. The Hall–Kier alpha value is -2.68. The van der Waals surface area contributed by atoms with E-state index in [0.717, 1.165) is 11.6 Å². The molecule has 27 heavy (non-hydrogen) atoms. The number of amides is 1. The summed E-state index contributed by atoms with van der Waals surface area (Å²) in [5.74, 6) is -1.06. The van der Waals surface area contributed by atoms with Crippen LogP contribution in [0.3, 0.4) is 0 Å². The minimum absolute atomic E-state index is 0.137. The standard InChI is InChI=1S/C19H21NO6S/c21-16(18(24)14-10-15(27-12-14)6-7-17(22)23)8-9-20-19(25)26-11-13-4-2-1-3-5-13/h1-7,10,12,16,18,21,24H,8-9,11H2,(H,20,25)(H,22,23)/b7-6+. The number of carbonyl (C=O) groups is 2. The summed E-state index contributed by atoms with van der Waals surface area (Å²) < 4.78 is 5.06. The highest BCUT2D eigenvalue weighted by Gasteiger charge is 2.19. The number of nitrogens with one attached hydrogen (secondary N) is 1. The van der Waals surface area contributed by atoms with Crippen LogP contribution in [0, 0.1) is 0 Å². The van der Waals surface area contributed by atoms with E-state index in [2.05, 4.69) is 5.32 Å². The third-order valence-corrected chi connectivity index (χ3v) is 4.57. The van der Waals surface area contributed by atoms with Crippen LogP contribution in [-0.2, 0) is 16.1 Å². The fourth-order valence-corrected chi connectivity index (χ4v) is 3.07. The first-order chi connectivity index (χ1) is 13.0. The first-order valence-electron chi connectivity index (χ1n) is 8.26. The molecule has 0 aliphatic carbocycles. The highest BCUT2D eigenvalue weighted by atomic mass is 32.1. The van der Waals surface area contributed by atoms with Gasteiger partial charge in [-0.05, 0) is 35.1 Å². The Bertz CT molecular complexity index is 774. The number of thiophene rings is 1. The largest absolute Gasteiger partial charge is 0.478 e. The van der Waals surface area contributed by atoms with Gasteiger partial charge in [0.1, 0.15) is 12.7 Å². The van der Waals surface area contributed by atoms with E-state index in [-0.39, 0.29) is 19.6 Å². The van der Waals surface area contributed by atoms with E-state index in [1.165, 1.54) is 17.4 Å². The van der Waals surface area contributed by atoms with Crippen molar-refractivity contribution in [3.05, 3.63) is 63.9 Å². The van der Waals surface area contributed by atoms with E-state index in [1.54, 1.807) is 11.4 Å². The van der Waals surface area contributed by atoms with Crippen LogP contribution in [-0.4, -0.2) is 40.0 Å². The van der Waals surface area contributed by atoms with Crippen LogP contribution in [0.4, 0.5) is 4.79 Å². The van der Waals surface area contributed by atoms with Gasteiger partial charge in [0.2, 0.25) is 0 Å². The van der Waals surface area contributed by atoms with Crippen LogP contribution < -0.4 is 5.32 Å². The summed E-state index contributed by atoms with van der Waals surface area (Å²) >= 11 is 1.26. The molecule has 0 aliphatic heterocycles. The average molecular weight is 391 g/mol. The Morgan fingerprint density at radius 2 is 1.96 bits per heavy atom. The van der Waals surface area contributed by atoms with Gasteiger partial charge >= 0.3 is 12.1 Å². The highest BCUT2D eigenvalue weighted by Crippen LogP contribution is 2.25. The Balaban J connectivity index is 1.72. The monoisotopic (exact) mass is 391 g/mol. The van der Waals surface area contributed by atoms with Gasteiger partial charge in [-0.3, -0.25) is 0 Å². The molecule has 0 radical (unpaired) electrons. The normalized spacial score (nSPS) is 13.3. The number of benzene rings is 1. The summed E-state index contributed by atoms with van der Waals surface area (Å²) in [5, 5.41) is 33.0. The molecule has 0 saturated carbocycles. The van der Waals surface area contributed by atoms with Crippen LogP contribution in [0.15, 0.2) is 47.9 Å². The number of carbonyl (C=O) groups excluding carboxylic acids is 1. The van der Waals surface area contributed by atoms with E-state index >= 15 is 0 Å². The van der Waals surface area contributed by atoms with E-state index in [1.807, 2.05) is 30.3 Å². The molecule has 1 amide bonds. The molecule has 1 heterocycles. The van der Waals surface area contributed by atoms with Gasteiger partial charge in [-0.15, -0.1) is 11.3 Å². The quantitative estimate of drug-likeness (QED) is 0.488. The lowest BCUT2D eigenvalue weighted by Crippen LogP contribution is -2.29. The molecule has 1 aromatic heterocycles. The van der Waals surface area contributed by atoms with Crippen molar-refractivity contribution in [1.29, 1.82) is 0 Å². The number of carboxylic acids is 1. The van der Waals surface area contributed by atoms with Crippen molar-refractivity contribution < 1.29 is 29.6 Å². The third-order valence-electron chi connectivity index (χ3n) is 3.66. The molecule has 0 aliphatic rings. The van der Waals surface area contributed by atoms with Crippen LogP contribution >= 0.6 is 11.3 Å². The van der Waals surface area contributed by atoms with Gasteiger partial charge in [-0.2, -0.15) is 0 Å². The van der Waals surface area contributed by atoms with E-state index in [0.29, 0.717) is 10.4 Å². The van der Waals surface area contributed by atoms with Crippen molar-refractivity contribution in [2.45, 2.75) is 25.2 Å². The number of aliphatic hydroxyl groups excluding tert-OH is 2. The summed E-state index contributed by atoms with van der Waals surface area (Å²) in [7, 11) is 0. The van der Waals surface area contributed by atoms with Gasteiger partial charge in [-0.1, -0.05) is 30.3 Å². The molecule has 0 spiro atoms. The van der Waals surface area contributed by atoms with E-state index in [4.69, 9.17) is 9.84 Å². The van der Waals surface area contributed by atoms with Crippen molar-refractivity contribution in [3.8, 4) is 0 Å². The molecule has 1 aromatic carbocycles. The maximum atomic E-state index is 11.6. The summed E-state index contributed by atoms with van der Waals surface area (Å²) in [4.78, 5) is 22.8. The van der Waals surface area contributed by atoms with Crippen molar-refractivity contribution in [2.24, 2.45) is 0 Å². The molecule has 8 heteroatoms. The lowest BCUT2D eigenvalue weighted by molar-refractivity contribution is -0.131. The highest BCUT2D eigenvalue weighted by molar-refractivity contribution is 7.11. The number of hydrogen-bond donors (Lipinski definition) is 4. The van der Waals surface area contributed by atoms with Crippen LogP contribution in [0.25, 0.3) is 6.08 Å². The number of hydrogen-bond acceptors (Lipinski definition) is 6. The fraction of sp³-hybridized carbons (Fsp3) is 0.263. The number of ether oxygens (including phenoxy) is 1. The summed E-state index contributed by atoms with van der Waals surface area (Å²) in [6.07, 6.45) is -0.251. The molecule has 2 rings (SSSR count). The zero-order chi connectivity index (χ0) is 19.6. The Morgan fingerprint density at radius 3 is 2.67 bits per heavy atom. The van der Waals surface area contributed by atoms with Gasteiger partial charge in [0.25, 0.3) is 0 Å². The van der Waals surface area contributed by atoms with Gasteiger partial charge in [0, 0.05) is 17.5 Å².